The Labute approximate surface area is 182 Å². The van der Waals surface area contributed by atoms with E-state index in [4.69, 9.17) is 0 Å². The quantitative estimate of drug-likeness (QED) is 0.587. The largest absolute Gasteiger partial charge is 0.354 e. The average Bonchev–Trinajstić information content (AvgIpc) is 3.48. The molecular formula is C20H28N8O2S. The second-order valence-corrected chi connectivity index (χ2v) is 10.3. The first kappa shape index (κ1) is 20.4. The first-order valence-corrected chi connectivity index (χ1v) is 12.2. The molecule has 11 heteroatoms. The number of hydrogen-bond donors (Lipinski definition) is 0. The van der Waals surface area contributed by atoms with Crippen LogP contribution in [0.3, 0.4) is 0 Å². The highest BCUT2D eigenvalue weighted by Crippen LogP contribution is 2.38. The molecule has 2 unspecified atom stereocenters. The van der Waals surface area contributed by atoms with E-state index in [1.807, 2.05) is 18.4 Å². The van der Waals surface area contributed by atoms with Crippen molar-refractivity contribution in [3.63, 3.8) is 0 Å². The molecule has 0 N–H and O–H groups in total. The second-order valence-electron chi connectivity index (χ2n) is 8.46. The third kappa shape index (κ3) is 3.05. The van der Waals surface area contributed by atoms with Gasteiger partial charge in [-0.15, -0.1) is 0 Å². The molecule has 0 radical (unpaired) electrons. The first-order valence-electron chi connectivity index (χ1n) is 10.8. The van der Waals surface area contributed by atoms with Crippen molar-refractivity contribution in [2.75, 3.05) is 31.1 Å². The van der Waals surface area contributed by atoms with Crippen molar-refractivity contribution in [3.8, 4) is 0 Å². The van der Waals surface area contributed by atoms with E-state index < -0.39 is 10.0 Å². The van der Waals surface area contributed by atoms with Crippen molar-refractivity contribution >= 4 is 27.0 Å². The van der Waals surface area contributed by atoms with Crippen molar-refractivity contribution in [2.24, 2.45) is 11.8 Å². The molecule has 2 atom stereocenters. The maximum atomic E-state index is 13.4. The topological polar surface area (TPSA) is 102 Å². The van der Waals surface area contributed by atoms with Crippen molar-refractivity contribution in [1.29, 1.82) is 0 Å². The zero-order chi connectivity index (χ0) is 21.9. The number of imidazole rings is 1. The smallest absolute Gasteiger partial charge is 0.246 e. The minimum absolute atomic E-state index is 0.273. The number of aromatic nitrogens is 6. The van der Waals surface area contributed by atoms with E-state index in [9.17, 15) is 8.42 Å². The Balaban J connectivity index is 1.37. The molecule has 2 aliphatic heterocycles. The Morgan fingerprint density at radius 2 is 1.71 bits per heavy atom. The lowest BCUT2D eigenvalue weighted by Gasteiger charge is -2.22. The van der Waals surface area contributed by atoms with Gasteiger partial charge in [0.05, 0.1) is 17.7 Å². The number of hydrogen-bond acceptors (Lipinski definition) is 7. The molecule has 0 spiro atoms. The number of fused-ring (bicyclic) bond motifs is 2. The highest BCUT2D eigenvalue weighted by molar-refractivity contribution is 7.89. The predicted molar refractivity (Wildman–Crippen MR) is 116 cm³/mol. The molecule has 31 heavy (non-hydrogen) atoms. The fraction of sp³-hybridized carbons (Fsp3) is 0.600. The summed E-state index contributed by atoms with van der Waals surface area (Å²) in [5.74, 6) is 1.39. The zero-order valence-electron chi connectivity index (χ0n) is 18.4. The summed E-state index contributed by atoms with van der Waals surface area (Å²) in [6.07, 6.45) is 3.39. The van der Waals surface area contributed by atoms with E-state index >= 15 is 0 Å². The van der Waals surface area contributed by atoms with Gasteiger partial charge in [0.1, 0.15) is 11.2 Å². The summed E-state index contributed by atoms with van der Waals surface area (Å²) in [4.78, 5) is 16.0. The van der Waals surface area contributed by atoms with Crippen LogP contribution in [0.25, 0.3) is 11.2 Å². The molecule has 2 saturated heterocycles. The Hall–Kier alpha value is -2.53. The van der Waals surface area contributed by atoms with Gasteiger partial charge in [-0.25, -0.2) is 23.4 Å². The van der Waals surface area contributed by atoms with Gasteiger partial charge in [0, 0.05) is 39.3 Å². The molecule has 0 saturated carbocycles. The van der Waals surface area contributed by atoms with E-state index in [-0.39, 0.29) is 11.8 Å². The van der Waals surface area contributed by atoms with Crippen LogP contribution in [0, 0.1) is 25.7 Å². The highest BCUT2D eigenvalue weighted by atomic mass is 32.2. The van der Waals surface area contributed by atoms with E-state index in [0.29, 0.717) is 35.9 Å². The minimum Gasteiger partial charge on any atom is -0.354 e. The molecule has 3 aromatic rings. The van der Waals surface area contributed by atoms with Crippen LogP contribution in [0.4, 0.5) is 5.82 Å². The van der Waals surface area contributed by atoms with E-state index in [2.05, 4.69) is 31.9 Å². The van der Waals surface area contributed by atoms with Crippen LogP contribution in [0.2, 0.25) is 0 Å². The Kier molecular flexibility index (Phi) is 4.78. The Bertz CT molecular complexity index is 1230. The first-order chi connectivity index (χ1) is 14.8. The van der Waals surface area contributed by atoms with Crippen molar-refractivity contribution < 1.29 is 8.42 Å². The fourth-order valence-corrected chi connectivity index (χ4v) is 7.07. The standard InChI is InChI=1S/C20H28N8O2S/c1-5-25-12-23-17-19(25)21-11-22-20(17)26-7-15-9-27(10-16(15)8-26)31(29,30)18-13(3)24-28(6-2)14(18)4/h11-12,15-16H,5-10H2,1-4H3. The number of sulfonamides is 1. The van der Waals surface area contributed by atoms with Gasteiger partial charge in [0.25, 0.3) is 0 Å². The summed E-state index contributed by atoms with van der Waals surface area (Å²) in [6.45, 7) is 11.7. The summed E-state index contributed by atoms with van der Waals surface area (Å²) in [5.41, 5.74) is 2.95. The summed E-state index contributed by atoms with van der Waals surface area (Å²) in [5, 5.41) is 4.41. The van der Waals surface area contributed by atoms with E-state index in [0.717, 1.165) is 36.6 Å². The lowest BCUT2D eigenvalue weighted by atomic mass is 10.0. The molecule has 10 nitrogen and oxygen atoms in total. The Morgan fingerprint density at radius 1 is 1.00 bits per heavy atom. The highest BCUT2D eigenvalue weighted by Gasteiger charge is 2.46. The molecule has 5 rings (SSSR count). The average molecular weight is 445 g/mol. The van der Waals surface area contributed by atoms with Crippen LogP contribution in [-0.4, -0.2) is 68.2 Å². The van der Waals surface area contributed by atoms with E-state index in [1.165, 1.54) is 0 Å². The molecule has 3 aromatic heterocycles. The minimum atomic E-state index is -3.56. The van der Waals surface area contributed by atoms with Crippen molar-refractivity contribution in [3.05, 3.63) is 24.0 Å². The fourth-order valence-electron chi connectivity index (χ4n) is 5.14. The number of rotatable bonds is 5. The van der Waals surface area contributed by atoms with Crippen LogP contribution in [0.15, 0.2) is 17.6 Å². The zero-order valence-corrected chi connectivity index (χ0v) is 19.2. The van der Waals surface area contributed by atoms with Gasteiger partial charge in [0.15, 0.2) is 17.0 Å². The van der Waals surface area contributed by atoms with Gasteiger partial charge in [-0.05, 0) is 39.5 Å². The molecule has 0 amide bonds. The number of nitrogens with zero attached hydrogens (tertiary/aromatic N) is 8. The van der Waals surface area contributed by atoms with Gasteiger partial charge < -0.3 is 9.47 Å². The molecule has 2 aliphatic rings. The molecule has 0 aliphatic carbocycles. The van der Waals surface area contributed by atoms with Crippen molar-refractivity contribution in [1.82, 2.24) is 33.6 Å². The SMILES string of the molecule is CCn1nc(C)c(S(=O)(=O)N2CC3CN(c4ncnc5c4ncn5CC)CC3C2)c1C. The van der Waals surface area contributed by atoms with Gasteiger partial charge in [0.2, 0.25) is 10.0 Å². The van der Waals surface area contributed by atoms with Crippen LogP contribution in [0.5, 0.6) is 0 Å². The van der Waals surface area contributed by atoms with Crippen LogP contribution >= 0.6 is 0 Å². The van der Waals surface area contributed by atoms with Gasteiger partial charge in [-0.3, -0.25) is 4.68 Å². The molecular weight excluding hydrogens is 416 g/mol. The molecule has 166 valence electrons. The molecule has 5 heterocycles. The third-order valence-electron chi connectivity index (χ3n) is 6.69. The molecule has 0 bridgehead atoms. The van der Waals surface area contributed by atoms with Gasteiger partial charge in [-0.1, -0.05) is 0 Å². The molecule has 0 aromatic carbocycles. The lowest BCUT2D eigenvalue weighted by molar-refractivity contribution is 0.452. The maximum Gasteiger partial charge on any atom is 0.246 e. The summed E-state index contributed by atoms with van der Waals surface area (Å²) in [6, 6.07) is 0. The number of aryl methyl sites for hydroxylation is 3. The normalized spacial score (nSPS) is 22.0. The Morgan fingerprint density at radius 3 is 2.32 bits per heavy atom. The second kappa shape index (κ2) is 7.27. The summed E-state index contributed by atoms with van der Waals surface area (Å²) in [7, 11) is -3.56. The van der Waals surface area contributed by atoms with Crippen molar-refractivity contribution in [2.45, 2.75) is 45.7 Å². The summed E-state index contributed by atoms with van der Waals surface area (Å²) < 4.78 is 32.3. The third-order valence-corrected chi connectivity index (χ3v) is 8.77. The van der Waals surface area contributed by atoms with Crippen LogP contribution in [-0.2, 0) is 23.1 Å². The summed E-state index contributed by atoms with van der Waals surface area (Å²) >= 11 is 0. The predicted octanol–water partition coefficient (Wildman–Crippen LogP) is 1.44. The monoisotopic (exact) mass is 444 g/mol. The number of anilines is 1. The van der Waals surface area contributed by atoms with Crippen LogP contribution in [0.1, 0.15) is 25.2 Å². The van der Waals surface area contributed by atoms with E-state index in [1.54, 1.807) is 28.6 Å². The maximum absolute atomic E-state index is 13.4. The molecule has 2 fully saturated rings. The lowest BCUT2D eigenvalue weighted by Crippen LogP contribution is -2.34. The van der Waals surface area contributed by atoms with Gasteiger partial charge >= 0.3 is 0 Å². The van der Waals surface area contributed by atoms with Crippen LogP contribution < -0.4 is 4.90 Å². The van der Waals surface area contributed by atoms with Gasteiger partial charge in [-0.2, -0.15) is 9.40 Å².